The molecule has 2 unspecified atom stereocenters. The molecule has 0 aliphatic carbocycles. The molecule has 0 fully saturated rings. The molecule has 104 valence electrons. The highest BCUT2D eigenvalue weighted by atomic mass is 32.2. The Morgan fingerprint density at radius 3 is 2.44 bits per heavy atom. The molecule has 1 aliphatic rings. The van der Waals surface area contributed by atoms with Gasteiger partial charge in [-0.3, -0.25) is 9.55 Å². The van der Waals surface area contributed by atoms with E-state index >= 15 is 0 Å². The zero-order chi connectivity index (χ0) is 14.2. The summed E-state index contributed by atoms with van der Waals surface area (Å²) in [6.07, 6.45) is 0.581. The third-order valence-corrected chi connectivity index (χ3v) is 3.38. The zero-order valence-corrected chi connectivity index (χ0v) is 10.4. The summed E-state index contributed by atoms with van der Waals surface area (Å²) in [6.45, 7) is 1.38. The molecule has 5 N–H and O–H groups in total. The second-order valence-electron chi connectivity index (χ2n) is 4.37. The van der Waals surface area contributed by atoms with Gasteiger partial charge in [0.1, 0.15) is 5.75 Å². The summed E-state index contributed by atoms with van der Waals surface area (Å²) in [4.78, 5) is 3.85. The molecule has 2 atom stereocenters. The zero-order valence-electron chi connectivity index (χ0n) is 9.55. The molecular weight excluding hydrogens is 266 g/mol. The molecular formula is C9H15NO7S. The van der Waals surface area contributed by atoms with E-state index in [0.29, 0.717) is 0 Å². The van der Waals surface area contributed by atoms with E-state index in [-0.39, 0.29) is 12.0 Å². The van der Waals surface area contributed by atoms with Crippen molar-refractivity contribution in [2.45, 2.75) is 31.0 Å². The Bertz CT molecular complexity index is 476. The predicted octanol–water partition coefficient (Wildman–Crippen LogP) is -1.97. The van der Waals surface area contributed by atoms with E-state index in [1.54, 1.807) is 0 Å². The van der Waals surface area contributed by atoms with Crippen LogP contribution in [0.25, 0.3) is 0 Å². The molecule has 1 heterocycles. The van der Waals surface area contributed by atoms with Gasteiger partial charge in [-0.1, -0.05) is 0 Å². The second kappa shape index (κ2) is 4.68. The highest BCUT2D eigenvalue weighted by molar-refractivity contribution is 7.85. The van der Waals surface area contributed by atoms with Crippen LogP contribution in [0.15, 0.2) is 16.6 Å². The number of aliphatic hydroxyl groups is 4. The van der Waals surface area contributed by atoms with Gasteiger partial charge in [-0.05, 0) is 13.0 Å². The van der Waals surface area contributed by atoms with Crippen molar-refractivity contribution in [1.29, 1.82) is 0 Å². The molecule has 0 amide bonds. The summed E-state index contributed by atoms with van der Waals surface area (Å²) >= 11 is 0. The number of rotatable bonds is 5. The summed E-state index contributed by atoms with van der Waals surface area (Å²) in [6, 6.07) is 0. The maximum absolute atomic E-state index is 10.6. The third kappa shape index (κ3) is 3.83. The first-order chi connectivity index (χ1) is 7.94. The first-order valence-electron chi connectivity index (χ1n) is 5.01. The van der Waals surface area contributed by atoms with Crippen LogP contribution in [-0.4, -0.2) is 63.0 Å². The Balaban J connectivity index is 2.83. The van der Waals surface area contributed by atoms with Gasteiger partial charge in [-0.25, -0.2) is 0 Å². The number of allylic oxidation sites excluding steroid dienone is 1. The van der Waals surface area contributed by atoms with Crippen LogP contribution < -0.4 is 0 Å². The monoisotopic (exact) mass is 281 g/mol. The van der Waals surface area contributed by atoms with Crippen LogP contribution >= 0.6 is 0 Å². The smallest absolute Gasteiger partial charge is 0.302 e. The maximum atomic E-state index is 10.6. The minimum absolute atomic E-state index is 0.288. The lowest BCUT2D eigenvalue weighted by Crippen LogP contribution is -2.43. The van der Waals surface area contributed by atoms with E-state index in [9.17, 15) is 13.5 Å². The van der Waals surface area contributed by atoms with E-state index < -0.39 is 33.5 Å². The van der Waals surface area contributed by atoms with Gasteiger partial charge in [-0.2, -0.15) is 8.42 Å². The van der Waals surface area contributed by atoms with Crippen molar-refractivity contribution < 1.29 is 33.4 Å². The van der Waals surface area contributed by atoms with Crippen molar-refractivity contribution in [2.24, 2.45) is 4.99 Å². The molecule has 0 radical (unpaired) electrons. The van der Waals surface area contributed by atoms with Crippen molar-refractivity contribution in [3.05, 3.63) is 11.6 Å². The molecule has 9 heteroatoms. The van der Waals surface area contributed by atoms with Gasteiger partial charge in [0, 0.05) is 18.2 Å². The Morgan fingerprint density at radius 1 is 1.44 bits per heavy atom. The summed E-state index contributed by atoms with van der Waals surface area (Å²) in [7, 11) is -4.35. The van der Waals surface area contributed by atoms with Crippen molar-refractivity contribution in [2.75, 3.05) is 5.75 Å². The van der Waals surface area contributed by atoms with E-state index in [2.05, 4.69) is 4.99 Å². The second-order valence-corrected chi connectivity index (χ2v) is 5.87. The minimum Gasteiger partial charge on any atom is -0.392 e. The van der Waals surface area contributed by atoms with Crippen LogP contribution in [0.2, 0.25) is 0 Å². The molecule has 0 aromatic heterocycles. The normalized spacial score (nSPS) is 26.2. The maximum Gasteiger partial charge on any atom is 0.302 e. The van der Waals surface area contributed by atoms with Crippen molar-refractivity contribution >= 4 is 16.3 Å². The number of nitrogens with zero attached hydrogens (tertiary/aromatic N) is 1. The largest absolute Gasteiger partial charge is 0.392 e. The fourth-order valence-electron chi connectivity index (χ4n) is 1.92. The van der Waals surface area contributed by atoms with Crippen LogP contribution in [0.4, 0.5) is 0 Å². The Kier molecular flexibility index (Phi) is 3.96. The van der Waals surface area contributed by atoms with Gasteiger partial charge in [0.25, 0.3) is 10.1 Å². The van der Waals surface area contributed by atoms with Crippen LogP contribution in [-0.2, 0) is 10.1 Å². The standard InChI is InChI=1S/C9H15NO7S/c1-8(4-6(11)5-18(15,16)17)7(2-3-10-8)9(12,13)14/h2-3,6,11-14H,4-5H2,1H3,(H,15,16,17). The lowest BCUT2D eigenvalue weighted by atomic mass is 9.86. The molecule has 0 aromatic rings. The summed E-state index contributed by atoms with van der Waals surface area (Å²) in [5, 5.41) is 36.8. The summed E-state index contributed by atoms with van der Waals surface area (Å²) in [5.74, 6) is -4.01. The van der Waals surface area contributed by atoms with Crippen LogP contribution in [0.3, 0.4) is 0 Å². The number of hydrogen-bond donors (Lipinski definition) is 5. The van der Waals surface area contributed by atoms with Gasteiger partial charge in [-0.15, -0.1) is 0 Å². The highest BCUT2D eigenvalue weighted by Crippen LogP contribution is 2.35. The lowest BCUT2D eigenvalue weighted by Gasteiger charge is -2.31. The number of hydrogen-bond acceptors (Lipinski definition) is 7. The molecule has 0 spiro atoms. The summed E-state index contributed by atoms with van der Waals surface area (Å²) < 4.78 is 29.8. The van der Waals surface area contributed by atoms with E-state index in [4.69, 9.17) is 19.9 Å². The van der Waals surface area contributed by atoms with Gasteiger partial charge in [0.05, 0.1) is 11.6 Å². The van der Waals surface area contributed by atoms with Crippen LogP contribution in [0.5, 0.6) is 0 Å². The molecule has 1 rings (SSSR count). The lowest BCUT2D eigenvalue weighted by molar-refractivity contribution is -0.286. The molecule has 0 saturated carbocycles. The molecule has 0 bridgehead atoms. The minimum atomic E-state index is -4.35. The first kappa shape index (κ1) is 15.2. The summed E-state index contributed by atoms with van der Waals surface area (Å²) in [5.41, 5.74) is -1.65. The fraction of sp³-hybridized carbons (Fsp3) is 0.667. The SMILES string of the molecule is CC1(CC(O)CS(=O)(=O)O)N=CC=C1C(O)(O)O. The topological polar surface area (TPSA) is 148 Å². The van der Waals surface area contributed by atoms with E-state index in [1.165, 1.54) is 13.1 Å². The van der Waals surface area contributed by atoms with E-state index in [0.717, 1.165) is 6.08 Å². The van der Waals surface area contributed by atoms with Gasteiger partial charge in [0.15, 0.2) is 0 Å². The third-order valence-electron chi connectivity index (χ3n) is 2.58. The van der Waals surface area contributed by atoms with Crippen molar-refractivity contribution in [3.63, 3.8) is 0 Å². The van der Waals surface area contributed by atoms with Gasteiger partial charge >= 0.3 is 5.97 Å². The Labute approximate surface area is 104 Å². The quantitative estimate of drug-likeness (QED) is 0.290. The van der Waals surface area contributed by atoms with E-state index in [1.807, 2.05) is 0 Å². The van der Waals surface area contributed by atoms with Crippen molar-refractivity contribution in [3.8, 4) is 0 Å². The van der Waals surface area contributed by atoms with Crippen LogP contribution in [0, 0.1) is 0 Å². The number of aliphatic hydroxyl groups excluding tert-OH is 1. The predicted molar refractivity (Wildman–Crippen MR) is 61.4 cm³/mol. The van der Waals surface area contributed by atoms with Gasteiger partial charge in [0.2, 0.25) is 0 Å². The average Bonchev–Trinajstić information content (AvgIpc) is 2.41. The number of aliphatic imine (C=N–C) groups is 1. The molecule has 1 aliphatic heterocycles. The average molecular weight is 281 g/mol. The molecule has 8 nitrogen and oxygen atoms in total. The molecule has 0 aromatic carbocycles. The Morgan fingerprint density at radius 2 is 2.00 bits per heavy atom. The van der Waals surface area contributed by atoms with Crippen molar-refractivity contribution in [1.82, 2.24) is 0 Å². The highest BCUT2D eigenvalue weighted by Gasteiger charge is 2.43. The molecule has 0 saturated heterocycles. The fourth-order valence-corrected chi connectivity index (χ4v) is 2.53. The van der Waals surface area contributed by atoms with Gasteiger partial charge < -0.3 is 20.4 Å². The first-order valence-corrected chi connectivity index (χ1v) is 6.62. The molecule has 18 heavy (non-hydrogen) atoms. The Hall–Kier alpha value is -0.840. The van der Waals surface area contributed by atoms with Crippen LogP contribution in [0.1, 0.15) is 13.3 Å².